The fourth-order valence-corrected chi connectivity index (χ4v) is 3.14. The van der Waals surface area contributed by atoms with E-state index in [2.05, 4.69) is 57.6 Å². The second kappa shape index (κ2) is 9.00. The van der Waals surface area contributed by atoms with Crippen molar-refractivity contribution in [3.05, 3.63) is 51.4 Å². The summed E-state index contributed by atoms with van der Waals surface area (Å²) in [4.78, 5) is 8.66. The quantitative estimate of drug-likeness (QED) is 0.518. The summed E-state index contributed by atoms with van der Waals surface area (Å²) in [6.45, 7) is 15.4. The van der Waals surface area contributed by atoms with Crippen LogP contribution in [0, 0.1) is 0 Å². The molecule has 3 rings (SSSR count). The van der Waals surface area contributed by atoms with Crippen LogP contribution >= 0.6 is 23.2 Å². The number of rotatable bonds is 3. The Hall–Kier alpha value is -1.32. The van der Waals surface area contributed by atoms with Crippen molar-refractivity contribution < 1.29 is 4.74 Å². The zero-order chi connectivity index (χ0) is 21.1. The van der Waals surface area contributed by atoms with E-state index in [0.29, 0.717) is 23.4 Å². The molecule has 5 heteroatoms. The summed E-state index contributed by atoms with van der Waals surface area (Å²) >= 11 is 12.2. The molecule has 0 saturated heterocycles. The fourth-order valence-electron chi connectivity index (χ4n) is 2.59. The summed E-state index contributed by atoms with van der Waals surface area (Å²) in [5.41, 5.74) is 3.64. The average Bonchev–Trinajstić information content (AvgIpc) is 3.40. The molecule has 2 heterocycles. The Morgan fingerprint density at radius 3 is 1.79 bits per heavy atom. The van der Waals surface area contributed by atoms with Crippen LogP contribution in [0.4, 0.5) is 0 Å². The van der Waals surface area contributed by atoms with Gasteiger partial charge in [-0.15, -0.1) is 0 Å². The first-order valence-electron chi connectivity index (χ1n) is 9.88. The molecular formula is C23H32Cl2N2O. The van der Waals surface area contributed by atoms with E-state index in [0.717, 1.165) is 16.3 Å². The van der Waals surface area contributed by atoms with Crippen LogP contribution in [0.5, 0.6) is 5.88 Å². The van der Waals surface area contributed by atoms with Gasteiger partial charge in [0.15, 0.2) is 0 Å². The summed E-state index contributed by atoms with van der Waals surface area (Å²) in [7, 11) is 0. The smallest absolute Gasteiger partial charge is 0.232 e. The van der Waals surface area contributed by atoms with Gasteiger partial charge in [-0.1, -0.05) is 64.7 Å². The highest BCUT2D eigenvalue weighted by molar-refractivity contribution is 6.32. The van der Waals surface area contributed by atoms with Gasteiger partial charge in [0, 0.05) is 18.3 Å². The first-order valence-corrected chi connectivity index (χ1v) is 10.6. The Bertz CT molecular complexity index is 803. The lowest BCUT2D eigenvalue weighted by atomic mass is 9.88. The third-order valence-electron chi connectivity index (χ3n) is 4.65. The van der Waals surface area contributed by atoms with E-state index in [9.17, 15) is 0 Å². The van der Waals surface area contributed by atoms with Gasteiger partial charge < -0.3 is 4.74 Å². The van der Waals surface area contributed by atoms with Gasteiger partial charge >= 0.3 is 0 Å². The van der Waals surface area contributed by atoms with Crippen molar-refractivity contribution in [2.45, 2.75) is 78.1 Å². The number of ether oxygens (including phenoxy) is 1. The molecule has 3 nitrogen and oxygen atoms in total. The molecule has 154 valence electrons. The van der Waals surface area contributed by atoms with Gasteiger partial charge in [-0.25, -0.2) is 4.98 Å². The SMILES string of the molecule is CC(C)(C)c1cnc(C2CC2)c(Cl)c1.CCOc1ncc(C(C)(C)C)cc1Cl. The molecule has 0 amide bonds. The molecule has 1 fully saturated rings. The first-order chi connectivity index (χ1) is 12.9. The van der Waals surface area contributed by atoms with Crippen LogP contribution in [0.1, 0.15) is 84.0 Å². The lowest BCUT2D eigenvalue weighted by Gasteiger charge is -2.19. The lowest BCUT2D eigenvalue weighted by Crippen LogP contribution is -2.11. The minimum Gasteiger partial charge on any atom is -0.477 e. The molecule has 0 atom stereocenters. The molecule has 0 aliphatic heterocycles. The zero-order valence-electron chi connectivity index (χ0n) is 18.1. The summed E-state index contributed by atoms with van der Waals surface area (Å²) in [6, 6.07) is 3.99. The predicted octanol–water partition coefficient (Wildman–Crippen LogP) is 7.34. The number of nitrogens with zero attached hydrogens (tertiary/aromatic N) is 2. The van der Waals surface area contributed by atoms with E-state index < -0.39 is 0 Å². The van der Waals surface area contributed by atoms with Crippen molar-refractivity contribution in [3.63, 3.8) is 0 Å². The van der Waals surface area contributed by atoms with Crippen LogP contribution in [-0.2, 0) is 10.8 Å². The normalized spacial score (nSPS) is 14.3. The number of hydrogen-bond donors (Lipinski definition) is 0. The van der Waals surface area contributed by atoms with Crippen LogP contribution in [0.15, 0.2) is 24.5 Å². The molecule has 1 aliphatic rings. The minimum atomic E-state index is 0.0708. The Balaban J connectivity index is 0.000000200. The molecule has 0 N–H and O–H groups in total. The van der Waals surface area contributed by atoms with E-state index in [1.165, 1.54) is 18.4 Å². The van der Waals surface area contributed by atoms with Crippen LogP contribution in [0.25, 0.3) is 0 Å². The van der Waals surface area contributed by atoms with Gasteiger partial charge in [-0.2, -0.15) is 0 Å². The Labute approximate surface area is 179 Å². The highest BCUT2D eigenvalue weighted by Gasteiger charge is 2.28. The first kappa shape index (κ1) is 23.0. The molecular weight excluding hydrogens is 391 g/mol. The van der Waals surface area contributed by atoms with Gasteiger partial charge in [-0.3, -0.25) is 4.98 Å². The molecule has 2 aromatic heterocycles. The molecule has 0 aromatic carbocycles. The van der Waals surface area contributed by atoms with Crippen molar-refractivity contribution in [2.24, 2.45) is 0 Å². The topological polar surface area (TPSA) is 35.0 Å². The molecule has 28 heavy (non-hydrogen) atoms. The standard InChI is InChI=1S/C12H16ClN.C11H16ClNO/c1-12(2,3)9-6-10(13)11(14-7-9)8-4-5-8;1-5-14-10-9(12)6-8(7-13-10)11(2,3)4/h6-8H,4-5H2,1-3H3;6-7H,5H2,1-4H3. The lowest BCUT2D eigenvalue weighted by molar-refractivity contribution is 0.326. The summed E-state index contributed by atoms with van der Waals surface area (Å²) in [6.07, 6.45) is 6.29. The van der Waals surface area contributed by atoms with E-state index in [1.54, 1.807) is 0 Å². The molecule has 1 saturated carbocycles. The zero-order valence-corrected chi connectivity index (χ0v) is 19.6. The van der Waals surface area contributed by atoms with Crippen LogP contribution < -0.4 is 4.74 Å². The third-order valence-corrected chi connectivity index (χ3v) is 5.23. The van der Waals surface area contributed by atoms with Gasteiger partial charge in [0.2, 0.25) is 5.88 Å². The Morgan fingerprint density at radius 1 is 0.893 bits per heavy atom. The minimum absolute atomic E-state index is 0.0708. The maximum Gasteiger partial charge on any atom is 0.232 e. The largest absolute Gasteiger partial charge is 0.477 e. The molecule has 0 bridgehead atoms. The van der Waals surface area contributed by atoms with E-state index >= 15 is 0 Å². The summed E-state index contributed by atoms with van der Waals surface area (Å²) in [5.74, 6) is 1.15. The number of aromatic nitrogens is 2. The van der Waals surface area contributed by atoms with Gasteiger partial charge in [0.05, 0.1) is 17.3 Å². The number of halogens is 2. The second-order valence-electron chi connectivity index (χ2n) is 9.31. The van der Waals surface area contributed by atoms with Crippen LogP contribution in [-0.4, -0.2) is 16.6 Å². The van der Waals surface area contributed by atoms with Crippen LogP contribution in [0.3, 0.4) is 0 Å². The highest BCUT2D eigenvalue weighted by atomic mass is 35.5. The Kier molecular flexibility index (Phi) is 7.38. The average molecular weight is 423 g/mol. The van der Waals surface area contributed by atoms with Crippen molar-refractivity contribution >= 4 is 23.2 Å². The molecule has 1 aliphatic carbocycles. The maximum atomic E-state index is 6.21. The Morgan fingerprint density at radius 2 is 1.39 bits per heavy atom. The predicted molar refractivity (Wildman–Crippen MR) is 119 cm³/mol. The third kappa shape index (κ3) is 6.35. The molecule has 0 radical (unpaired) electrons. The monoisotopic (exact) mass is 422 g/mol. The number of pyridine rings is 2. The van der Waals surface area contributed by atoms with Crippen molar-refractivity contribution in [1.29, 1.82) is 0 Å². The van der Waals surface area contributed by atoms with Crippen LogP contribution in [0.2, 0.25) is 10.0 Å². The summed E-state index contributed by atoms with van der Waals surface area (Å²) < 4.78 is 5.26. The molecule has 2 aromatic rings. The highest BCUT2D eigenvalue weighted by Crippen LogP contribution is 2.42. The van der Waals surface area contributed by atoms with Gasteiger partial charge in [0.25, 0.3) is 0 Å². The van der Waals surface area contributed by atoms with Crippen molar-refractivity contribution in [3.8, 4) is 5.88 Å². The fraction of sp³-hybridized carbons (Fsp3) is 0.565. The summed E-state index contributed by atoms with van der Waals surface area (Å²) in [5, 5.41) is 1.43. The van der Waals surface area contributed by atoms with Gasteiger partial charge in [-0.05, 0) is 53.9 Å². The van der Waals surface area contributed by atoms with E-state index in [1.807, 2.05) is 25.4 Å². The molecule has 0 spiro atoms. The second-order valence-corrected chi connectivity index (χ2v) is 10.1. The van der Waals surface area contributed by atoms with E-state index in [-0.39, 0.29) is 10.8 Å². The van der Waals surface area contributed by atoms with Gasteiger partial charge in [0.1, 0.15) is 5.02 Å². The number of hydrogen-bond acceptors (Lipinski definition) is 3. The van der Waals surface area contributed by atoms with Crippen molar-refractivity contribution in [1.82, 2.24) is 9.97 Å². The van der Waals surface area contributed by atoms with Crippen molar-refractivity contribution in [2.75, 3.05) is 6.61 Å². The van der Waals surface area contributed by atoms with E-state index in [4.69, 9.17) is 27.9 Å². The maximum absolute atomic E-state index is 6.21. The molecule has 0 unspecified atom stereocenters.